The maximum Gasteiger partial charge on any atom is 0.161 e. The first-order valence-electron chi connectivity index (χ1n) is 6.73. The van der Waals surface area contributed by atoms with Gasteiger partial charge in [-0.15, -0.1) is 0 Å². The number of aromatic nitrogens is 2. The quantitative estimate of drug-likeness (QED) is 0.875. The molecule has 2 rings (SSSR count). The zero-order valence-electron chi connectivity index (χ0n) is 11.8. The molecule has 1 aromatic carbocycles. The van der Waals surface area contributed by atoms with Gasteiger partial charge in [0, 0.05) is 17.3 Å². The largest absolute Gasteiger partial charge is 0.504 e. The zero-order chi connectivity index (χ0) is 14.5. The van der Waals surface area contributed by atoms with Crippen LogP contribution in [0.4, 0.5) is 5.82 Å². The third-order valence-electron chi connectivity index (χ3n) is 2.82. The van der Waals surface area contributed by atoms with Gasteiger partial charge in [-0.2, -0.15) is 0 Å². The fourth-order valence-electron chi connectivity index (χ4n) is 1.96. The Morgan fingerprint density at radius 1 is 1.20 bits per heavy atom. The lowest BCUT2D eigenvalue weighted by Crippen LogP contribution is -2.00. The van der Waals surface area contributed by atoms with Gasteiger partial charge in [-0.1, -0.05) is 13.3 Å². The highest BCUT2D eigenvalue weighted by Gasteiger charge is 2.09. The van der Waals surface area contributed by atoms with Crippen LogP contribution in [0, 0.1) is 0 Å². The Morgan fingerprint density at radius 3 is 2.70 bits per heavy atom. The molecule has 0 aliphatic rings. The Labute approximate surface area is 118 Å². The van der Waals surface area contributed by atoms with Crippen molar-refractivity contribution in [3.63, 3.8) is 0 Å². The number of nitrogens with two attached hydrogens (primary N) is 1. The summed E-state index contributed by atoms with van der Waals surface area (Å²) in [6.45, 7) is 4.43. The standard InChI is InChI=1S/C15H19N3O2/c1-3-5-11-9-14(16)18-15(17-11)10-6-7-12(19)13(8-10)20-4-2/h6-9,19H,3-5H2,1-2H3,(H2,16,17,18). The first kappa shape index (κ1) is 14.1. The van der Waals surface area contributed by atoms with Crippen LogP contribution in [0.3, 0.4) is 0 Å². The van der Waals surface area contributed by atoms with E-state index >= 15 is 0 Å². The van der Waals surface area contributed by atoms with E-state index in [0.717, 1.165) is 24.1 Å². The van der Waals surface area contributed by atoms with E-state index in [1.165, 1.54) is 0 Å². The molecule has 1 heterocycles. The number of hydrogen-bond donors (Lipinski definition) is 2. The number of rotatable bonds is 5. The molecule has 2 aromatic rings. The normalized spacial score (nSPS) is 10.5. The highest BCUT2D eigenvalue weighted by molar-refractivity contribution is 5.62. The van der Waals surface area contributed by atoms with Crippen LogP contribution >= 0.6 is 0 Å². The summed E-state index contributed by atoms with van der Waals surface area (Å²) < 4.78 is 5.37. The number of nitrogens with zero attached hydrogens (tertiary/aromatic N) is 2. The predicted molar refractivity (Wildman–Crippen MR) is 78.7 cm³/mol. The van der Waals surface area contributed by atoms with Gasteiger partial charge in [-0.25, -0.2) is 9.97 Å². The first-order valence-corrected chi connectivity index (χ1v) is 6.73. The summed E-state index contributed by atoms with van der Waals surface area (Å²) in [6, 6.07) is 6.84. The Morgan fingerprint density at radius 2 is 2.00 bits per heavy atom. The molecule has 0 aliphatic carbocycles. The molecular weight excluding hydrogens is 254 g/mol. The van der Waals surface area contributed by atoms with E-state index in [4.69, 9.17) is 10.5 Å². The van der Waals surface area contributed by atoms with Gasteiger partial charge >= 0.3 is 0 Å². The van der Waals surface area contributed by atoms with Crippen molar-refractivity contribution in [1.29, 1.82) is 0 Å². The monoisotopic (exact) mass is 273 g/mol. The predicted octanol–water partition coefficient (Wildman–Crippen LogP) is 2.78. The van der Waals surface area contributed by atoms with Crippen molar-refractivity contribution in [2.75, 3.05) is 12.3 Å². The molecule has 0 atom stereocenters. The first-order chi connectivity index (χ1) is 9.63. The van der Waals surface area contributed by atoms with Crippen LogP contribution in [-0.4, -0.2) is 21.7 Å². The van der Waals surface area contributed by atoms with Gasteiger partial charge in [0.1, 0.15) is 5.82 Å². The van der Waals surface area contributed by atoms with Crippen molar-refractivity contribution in [1.82, 2.24) is 9.97 Å². The number of benzene rings is 1. The van der Waals surface area contributed by atoms with Crippen molar-refractivity contribution >= 4 is 5.82 Å². The van der Waals surface area contributed by atoms with Crippen LogP contribution in [0.2, 0.25) is 0 Å². The lowest BCUT2D eigenvalue weighted by atomic mass is 10.1. The van der Waals surface area contributed by atoms with E-state index in [-0.39, 0.29) is 5.75 Å². The van der Waals surface area contributed by atoms with E-state index in [1.54, 1.807) is 24.3 Å². The molecule has 20 heavy (non-hydrogen) atoms. The summed E-state index contributed by atoms with van der Waals surface area (Å²) in [5, 5.41) is 9.72. The van der Waals surface area contributed by atoms with Gasteiger partial charge in [-0.05, 0) is 31.5 Å². The molecule has 0 fully saturated rings. The average molecular weight is 273 g/mol. The summed E-state index contributed by atoms with van der Waals surface area (Å²) in [5.74, 6) is 1.53. The molecule has 0 radical (unpaired) electrons. The molecule has 0 aliphatic heterocycles. The fourth-order valence-corrected chi connectivity index (χ4v) is 1.96. The summed E-state index contributed by atoms with van der Waals surface area (Å²) in [6.07, 6.45) is 1.85. The third kappa shape index (κ3) is 3.17. The summed E-state index contributed by atoms with van der Waals surface area (Å²) in [5.41, 5.74) is 7.51. The van der Waals surface area contributed by atoms with Crippen LogP contribution in [0.5, 0.6) is 11.5 Å². The third-order valence-corrected chi connectivity index (χ3v) is 2.82. The van der Waals surface area contributed by atoms with Crippen LogP contribution in [-0.2, 0) is 6.42 Å². The maximum atomic E-state index is 9.72. The number of anilines is 1. The summed E-state index contributed by atoms with van der Waals surface area (Å²) in [4.78, 5) is 8.74. The molecule has 0 bridgehead atoms. The minimum atomic E-state index is 0.105. The minimum absolute atomic E-state index is 0.105. The van der Waals surface area contributed by atoms with E-state index < -0.39 is 0 Å². The number of aryl methyl sites for hydroxylation is 1. The van der Waals surface area contributed by atoms with Crippen molar-refractivity contribution in [2.45, 2.75) is 26.7 Å². The molecule has 0 unspecified atom stereocenters. The fraction of sp³-hybridized carbons (Fsp3) is 0.333. The van der Waals surface area contributed by atoms with E-state index in [9.17, 15) is 5.11 Å². The molecule has 0 spiro atoms. The van der Waals surface area contributed by atoms with E-state index in [1.807, 2.05) is 6.92 Å². The van der Waals surface area contributed by atoms with Gasteiger partial charge in [0.2, 0.25) is 0 Å². The molecule has 106 valence electrons. The lowest BCUT2D eigenvalue weighted by Gasteiger charge is -2.09. The Bertz CT molecular complexity index is 600. The molecule has 5 nitrogen and oxygen atoms in total. The second kappa shape index (κ2) is 6.23. The SMILES string of the molecule is CCCc1cc(N)nc(-c2ccc(O)c(OCC)c2)n1. The van der Waals surface area contributed by atoms with Crippen molar-refractivity contribution in [3.05, 3.63) is 30.0 Å². The van der Waals surface area contributed by atoms with Gasteiger partial charge in [0.05, 0.1) is 6.61 Å². The van der Waals surface area contributed by atoms with Crippen LogP contribution < -0.4 is 10.5 Å². The Hall–Kier alpha value is -2.30. The van der Waals surface area contributed by atoms with Crippen molar-refractivity contribution in [2.24, 2.45) is 0 Å². The zero-order valence-corrected chi connectivity index (χ0v) is 11.8. The molecule has 0 saturated carbocycles. The van der Waals surface area contributed by atoms with Crippen LogP contribution in [0.25, 0.3) is 11.4 Å². The number of hydrogen-bond acceptors (Lipinski definition) is 5. The second-order valence-corrected chi connectivity index (χ2v) is 4.47. The highest BCUT2D eigenvalue weighted by atomic mass is 16.5. The lowest BCUT2D eigenvalue weighted by molar-refractivity contribution is 0.318. The minimum Gasteiger partial charge on any atom is -0.504 e. The van der Waals surface area contributed by atoms with Crippen LogP contribution in [0.1, 0.15) is 26.0 Å². The van der Waals surface area contributed by atoms with Gasteiger partial charge in [-0.3, -0.25) is 0 Å². The van der Waals surface area contributed by atoms with Gasteiger partial charge in [0.25, 0.3) is 0 Å². The maximum absolute atomic E-state index is 9.72. The highest BCUT2D eigenvalue weighted by Crippen LogP contribution is 2.30. The number of phenols is 1. The van der Waals surface area contributed by atoms with Crippen molar-refractivity contribution in [3.8, 4) is 22.9 Å². The van der Waals surface area contributed by atoms with Crippen molar-refractivity contribution < 1.29 is 9.84 Å². The number of aromatic hydroxyl groups is 1. The molecular formula is C15H19N3O2. The molecule has 0 saturated heterocycles. The summed E-state index contributed by atoms with van der Waals surface area (Å²) in [7, 11) is 0. The molecule has 0 amide bonds. The van der Waals surface area contributed by atoms with Crippen LogP contribution in [0.15, 0.2) is 24.3 Å². The number of ether oxygens (including phenoxy) is 1. The molecule has 1 aromatic heterocycles. The number of nitrogen functional groups attached to an aromatic ring is 1. The molecule has 5 heteroatoms. The number of phenolic OH excluding ortho intramolecular Hbond substituents is 1. The second-order valence-electron chi connectivity index (χ2n) is 4.47. The average Bonchev–Trinajstić information content (AvgIpc) is 2.41. The topological polar surface area (TPSA) is 81.3 Å². The smallest absolute Gasteiger partial charge is 0.161 e. The van der Waals surface area contributed by atoms with Gasteiger partial charge < -0.3 is 15.6 Å². The summed E-state index contributed by atoms with van der Waals surface area (Å²) >= 11 is 0. The van der Waals surface area contributed by atoms with E-state index in [0.29, 0.717) is 24.0 Å². The molecule has 3 N–H and O–H groups in total. The van der Waals surface area contributed by atoms with E-state index in [2.05, 4.69) is 16.9 Å². The Balaban J connectivity index is 2.42. The Kier molecular flexibility index (Phi) is 4.40. The van der Waals surface area contributed by atoms with Gasteiger partial charge in [0.15, 0.2) is 17.3 Å².